The molecule has 1 unspecified atom stereocenters. The second-order valence-corrected chi connectivity index (χ2v) is 8.29. The van der Waals surface area contributed by atoms with Crippen LogP contribution in [0, 0.1) is 0 Å². The molecule has 31 heavy (non-hydrogen) atoms. The highest BCUT2D eigenvalue weighted by Crippen LogP contribution is 2.21. The predicted octanol–water partition coefficient (Wildman–Crippen LogP) is 7.64. The fraction of sp³-hybridized carbons (Fsp3) is 0.615. The zero-order valence-electron chi connectivity index (χ0n) is 19.2. The number of hydrogen-bond acceptors (Lipinski definition) is 4. The van der Waals surface area contributed by atoms with E-state index in [2.05, 4.69) is 19.1 Å². The van der Waals surface area contributed by atoms with Gasteiger partial charge in [0.15, 0.2) is 0 Å². The van der Waals surface area contributed by atoms with Crippen molar-refractivity contribution in [3.05, 3.63) is 48.0 Å². The molecule has 0 aliphatic carbocycles. The quantitative estimate of drug-likeness (QED) is 0.100. The van der Waals surface area contributed by atoms with Crippen LogP contribution < -0.4 is 0 Å². The molecule has 2 atom stereocenters. The van der Waals surface area contributed by atoms with Crippen LogP contribution >= 0.6 is 9.47 Å². The van der Waals surface area contributed by atoms with E-state index in [1.807, 2.05) is 15.5 Å². The lowest BCUT2D eigenvalue weighted by molar-refractivity contribution is -0.162. The Kier molecular flexibility index (Phi) is 16.8. The van der Waals surface area contributed by atoms with Crippen LogP contribution in [0.2, 0.25) is 0 Å². The van der Waals surface area contributed by atoms with Crippen molar-refractivity contribution in [2.75, 3.05) is 0 Å². The number of allylic oxidation sites excluding steroid dienone is 2. The molecule has 174 valence electrons. The largest absolute Gasteiger partial charge is 0.449 e. The summed E-state index contributed by atoms with van der Waals surface area (Å²) >= 11 is 0. The highest BCUT2D eigenvalue weighted by atomic mass is 31.0. The Morgan fingerprint density at radius 1 is 0.839 bits per heavy atom. The maximum absolute atomic E-state index is 12.1. The monoisotopic (exact) mass is 448 g/mol. The molecule has 0 saturated carbocycles. The van der Waals surface area contributed by atoms with E-state index in [0.29, 0.717) is 12.0 Å². The maximum Gasteiger partial charge on any atom is 0.354 e. The molecule has 0 spiro atoms. The first-order valence-corrected chi connectivity index (χ1v) is 12.5. The van der Waals surface area contributed by atoms with Gasteiger partial charge in [0.05, 0.1) is 9.47 Å². The second-order valence-electron chi connectivity index (χ2n) is 8.05. The molecule has 0 N–H and O–H groups in total. The van der Waals surface area contributed by atoms with Gasteiger partial charge in [-0.05, 0) is 32.1 Å². The molecule has 1 rings (SSSR count). The minimum Gasteiger partial charge on any atom is -0.449 e. The fourth-order valence-corrected chi connectivity index (χ4v) is 3.60. The van der Waals surface area contributed by atoms with Crippen molar-refractivity contribution in [1.29, 1.82) is 0 Å². The van der Waals surface area contributed by atoms with E-state index in [1.54, 1.807) is 24.3 Å². The first-order valence-electron chi connectivity index (χ1n) is 12.0. The average Bonchev–Trinajstić information content (AvgIpc) is 2.80. The van der Waals surface area contributed by atoms with Gasteiger partial charge in [0.2, 0.25) is 6.10 Å². The average molecular weight is 449 g/mol. The highest BCUT2D eigenvalue weighted by Gasteiger charge is 2.25. The second kappa shape index (κ2) is 19.0. The van der Waals surface area contributed by atoms with E-state index >= 15 is 0 Å². The lowest BCUT2D eigenvalue weighted by Gasteiger charge is -2.15. The van der Waals surface area contributed by atoms with Crippen LogP contribution in [-0.4, -0.2) is 11.9 Å². The minimum atomic E-state index is -1.01. The number of esters is 1. The molecule has 0 saturated heterocycles. The topological polar surface area (TPSA) is 52.6 Å². The molecule has 0 radical (unpaired) electrons. The summed E-state index contributed by atoms with van der Waals surface area (Å²) in [5, 5.41) is 0. The van der Waals surface area contributed by atoms with Crippen molar-refractivity contribution in [3.63, 3.8) is 0 Å². The van der Waals surface area contributed by atoms with E-state index in [9.17, 15) is 9.59 Å². The van der Waals surface area contributed by atoms with Crippen LogP contribution in [0.1, 0.15) is 108 Å². The highest BCUT2D eigenvalue weighted by molar-refractivity contribution is 7.10. The fourth-order valence-electron chi connectivity index (χ4n) is 3.47. The zero-order chi connectivity index (χ0) is 22.6. The van der Waals surface area contributed by atoms with Crippen molar-refractivity contribution in [3.8, 4) is 0 Å². The number of rotatable bonds is 18. The SMILES string of the molecule is CCCCCCCC/C=C/CCCCCCCC(=O)O[C@H](C(=O)OP)c1ccccc1. The Morgan fingerprint density at radius 3 is 1.97 bits per heavy atom. The van der Waals surface area contributed by atoms with E-state index in [0.717, 1.165) is 25.7 Å². The summed E-state index contributed by atoms with van der Waals surface area (Å²) in [6, 6.07) is 8.95. The van der Waals surface area contributed by atoms with Crippen LogP contribution in [0.3, 0.4) is 0 Å². The molecular formula is C26H41O4P. The molecule has 5 heteroatoms. The minimum absolute atomic E-state index is 0.325. The normalized spacial score (nSPS) is 12.1. The van der Waals surface area contributed by atoms with E-state index < -0.39 is 12.1 Å². The van der Waals surface area contributed by atoms with Gasteiger partial charge in [-0.2, -0.15) is 0 Å². The number of ether oxygens (including phenoxy) is 1. The Labute approximate surface area is 191 Å². The van der Waals surface area contributed by atoms with Gasteiger partial charge in [0.25, 0.3) is 0 Å². The predicted molar refractivity (Wildman–Crippen MR) is 131 cm³/mol. The van der Waals surface area contributed by atoms with Crippen LogP contribution in [0.25, 0.3) is 0 Å². The summed E-state index contributed by atoms with van der Waals surface area (Å²) < 4.78 is 10.1. The molecule has 0 bridgehead atoms. The third-order valence-corrected chi connectivity index (χ3v) is 5.56. The number of carbonyl (C=O) groups excluding carboxylic acids is 2. The molecule has 0 fully saturated rings. The van der Waals surface area contributed by atoms with Gasteiger partial charge in [-0.25, -0.2) is 4.79 Å². The Morgan fingerprint density at radius 2 is 1.39 bits per heavy atom. The Bertz CT molecular complexity index is 615. The lowest BCUT2D eigenvalue weighted by Crippen LogP contribution is -2.19. The van der Waals surface area contributed by atoms with E-state index in [1.165, 1.54) is 57.8 Å². The summed E-state index contributed by atoms with van der Waals surface area (Å²) in [7, 11) is 1.91. The van der Waals surface area contributed by atoms with Crippen molar-refractivity contribution in [2.24, 2.45) is 0 Å². The first-order chi connectivity index (χ1) is 15.2. The smallest absolute Gasteiger partial charge is 0.354 e. The summed E-state index contributed by atoms with van der Waals surface area (Å²) in [4.78, 5) is 24.1. The molecule has 1 aromatic carbocycles. The Hall–Kier alpha value is -1.67. The van der Waals surface area contributed by atoms with Crippen LogP contribution in [0.15, 0.2) is 42.5 Å². The van der Waals surface area contributed by atoms with E-state index in [4.69, 9.17) is 9.26 Å². The third-order valence-electron chi connectivity index (χ3n) is 5.32. The number of unbranched alkanes of at least 4 members (excludes halogenated alkanes) is 11. The van der Waals surface area contributed by atoms with Gasteiger partial charge in [-0.15, -0.1) is 0 Å². The van der Waals surface area contributed by atoms with Crippen molar-refractivity contribution >= 4 is 21.4 Å². The Balaban J connectivity index is 2.05. The summed E-state index contributed by atoms with van der Waals surface area (Å²) in [5.74, 6) is -0.948. The van der Waals surface area contributed by atoms with Gasteiger partial charge >= 0.3 is 11.9 Å². The summed E-state index contributed by atoms with van der Waals surface area (Å²) in [5.41, 5.74) is 0.618. The third kappa shape index (κ3) is 14.1. The number of carbonyl (C=O) groups is 2. The molecule has 4 nitrogen and oxygen atoms in total. The number of hydrogen-bond donors (Lipinski definition) is 0. The molecular weight excluding hydrogens is 407 g/mol. The maximum atomic E-state index is 12.1. The lowest BCUT2D eigenvalue weighted by atomic mass is 10.1. The van der Waals surface area contributed by atoms with Crippen LogP contribution in [-0.2, 0) is 18.8 Å². The van der Waals surface area contributed by atoms with Crippen molar-refractivity contribution in [2.45, 2.75) is 103 Å². The van der Waals surface area contributed by atoms with Gasteiger partial charge in [-0.3, -0.25) is 4.79 Å². The molecule has 0 aliphatic heterocycles. The first kappa shape index (κ1) is 27.4. The standard InChI is InChI=1S/C26H41O4P/c1-2-3-4-5-6-7-8-9-10-11-12-13-14-15-19-22-24(27)29-25(26(28)30-31)23-20-17-16-18-21-23/h9-10,16-18,20-21,25H,2-8,11-15,19,22,31H2,1H3/b10-9+/t25-/m0/s1. The van der Waals surface area contributed by atoms with Crippen LogP contribution in [0.4, 0.5) is 0 Å². The molecule has 0 amide bonds. The van der Waals surface area contributed by atoms with Crippen LogP contribution in [0.5, 0.6) is 0 Å². The molecule has 0 heterocycles. The van der Waals surface area contributed by atoms with Gasteiger partial charge in [0, 0.05) is 12.0 Å². The molecule has 0 aromatic heterocycles. The van der Waals surface area contributed by atoms with E-state index in [-0.39, 0.29) is 5.97 Å². The van der Waals surface area contributed by atoms with Gasteiger partial charge in [0.1, 0.15) is 0 Å². The van der Waals surface area contributed by atoms with Crippen molar-refractivity contribution < 1.29 is 18.8 Å². The van der Waals surface area contributed by atoms with Gasteiger partial charge < -0.3 is 9.26 Å². The zero-order valence-corrected chi connectivity index (χ0v) is 20.4. The number of benzene rings is 1. The van der Waals surface area contributed by atoms with Gasteiger partial charge in [-0.1, -0.05) is 101 Å². The molecule has 1 aromatic rings. The summed E-state index contributed by atoms with van der Waals surface area (Å²) in [6.07, 6.45) is 19.7. The van der Waals surface area contributed by atoms with Crippen molar-refractivity contribution in [1.82, 2.24) is 0 Å². The summed E-state index contributed by atoms with van der Waals surface area (Å²) in [6.45, 7) is 2.25. The molecule has 0 aliphatic rings.